The van der Waals surface area contributed by atoms with Crippen molar-refractivity contribution in [3.05, 3.63) is 12.7 Å². The van der Waals surface area contributed by atoms with Crippen LogP contribution in [0.25, 0.3) is 11.2 Å². The Morgan fingerprint density at radius 1 is 1.42 bits per heavy atom. The summed E-state index contributed by atoms with van der Waals surface area (Å²) in [5, 5.41) is 10.6. The Kier molecular flexibility index (Phi) is 4.72. The van der Waals surface area contributed by atoms with Gasteiger partial charge in [0.1, 0.15) is 6.33 Å². The number of anilines is 1. The predicted molar refractivity (Wildman–Crippen MR) is 96.3 cm³/mol. The molecule has 0 spiro atoms. The summed E-state index contributed by atoms with van der Waals surface area (Å²) in [7, 11) is 0. The second kappa shape index (κ2) is 7.01. The number of rotatable bonds is 4. The van der Waals surface area contributed by atoms with Crippen molar-refractivity contribution >= 4 is 34.7 Å². The van der Waals surface area contributed by atoms with Gasteiger partial charge in [-0.15, -0.1) is 0 Å². The van der Waals surface area contributed by atoms with Gasteiger partial charge in [-0.2, -0.15) is 11.8 Å². The number of morpholine rings is 1. The van der Waals surface area contributed by atoms with Crippen LogP contribution >= 0.6 is 11.8 Å². The van der Waals surface area contributed by atoms with Crippen molar-refractivity contribution in [2.24, 2.45) is 0 Å². The molecule has 4 rings (SSSR count). The number of ether oxygens (including phenoxy) is 2. The van der Waals surface area contributed by atoms with Gasteiger partial charge < -0.3 is 19.5 Å². The summed E-state index contributed by atoms with van der Waals surface area (Å²) in [6, 6.07) is 0. The Bertz CT molecular complexity index is 809. The lowest BCUT2D eigenvalue weighted by atomic mass is 9.95. The van der Waals surface area contributed by atoms with Gasteiger partial charge in [-0.3, -0.25) is 4.57 Å². The normalized spacial score (nSPS) is 26.4. The fourth-order valence-corrected chi connectivity index (χ4v) is 4.84. The summed E-state index contributed by atoms with van der Waals surface area (Å²) < 4.78 is 12.4. The summed E-state index contributed by atoms with van der Waals surface area (Å²) in [6.07, 6.45) is 2.17. The fraction of sp³-hybridized carbons (Fsp3) is 0.625. The van der Waals surface area contributed by atoms with E-state index in [4.69, 9.17) is 9.47 Å². The monoisotopic (exact) mass is 379 g/mol. The van der Waals surface area contributed by atoms with Gasteiger partial charge in [-0.1, -0.05) is 0 Å². The van der Waals surface area contributed by atoms with Crippen LogP contribution < -0.4 is 4.90 Å². The van der Waals surface area contributed by atoms with E-state index in [-0.39, 0.29) is 6.61 Å². The first-order valence-corrected chi connectivity index (χ1v) is 9.78. The number of hydrogen-bond acceptors (Lipinski definition) is 9. The average molecular weight is 379 g/mol. The molecule has 0 saturated carbocycles. The number of aromatic nitrogens is 4. The van der Waals surface area contributed by atoms with Crippen molar-refractivity contribution in [1.29, 1.82) is 0 Å². The number of nitrogens with zero attached hydrogens (tertiary/aromatic N) is 5. The molecule has 2 fully saturated rings. The third kappa shape index (κ3) is 2.63. The third-order valence-corrected chi connectivity index (χ3v) is 6.03. The first-order valence-electron chi connectivity index (χ1n) is 8.62. The van der Waals surface area contributed by atoms with Crippen molar-refractivity contribution in [3.63, 3.8) is 0 Å². The highest BCUT2D eigenvalue weighted by atomic mass is 32.2. The number of imidazole rings is 1. The molecular formula is C16H21N5O4S. The van der Waals surface area contributed by atoms with Gasteiger partial charge in [0.15, 0.2) is 22.5 Å². The van der Waals surface area contributed by atoms with Crippen molar-refractivity contribution in [3.8, 4) is 0 Å². The van der Waals surface area contributed by atoms with Crippen LogP contribution in [-0.4, -0.2) is 81.1 Å². The molecule has 2 aromatic heterocycles. The number of fused-ring (bicyclic) bond motifs is 1. The SMILES string of the molecule is CCOC(=O)C1(n2cnc3c(N4CCOCC4)ncnc32)CSCC1O. The molecule has 9 nitrogen and oxygen atoms in total. The van der Waals surface area contributed by atoms with Gasteiger partial charge in [-0.25, -0.2) is 19.7 Å². The van der Waals surface area contributed by atoms with E-state index in [0.717, 1.165) is 18.9 Å². The van der Waals surface area contributed by atoms with Crippen molar-refractivity contribution in [2.75, 3.05) is 49.3 Å². The zero-order valence-corrected chi connectivity index (χ0v) is 15.3. The van der Waals surface area contributed by atoms with E-state index in [2.05, 4.69) is 19.9 Å². The second-order valence-corrected chi connectivity index (χ2v) is 7.29. The topological polar surface area (TPSA) is 103 Å². The maximum Gasteiger partial charge on any atom is 0.336 e. The maximum absolute atomic E-state index is 12.8. The van der Waals surface area contributed by atoms with Gasteiger partial charge >= 0.3 is 5.97 Å². The second-order valence-electron chi connectivity index (χ2n) is 6.26. The van der Waals surface area contributed by atoms with E-state index in [1.165, 1.54) is 18.1 Å². The van der Waals surface area contributed by atoms with E-state index >= 15 is 0 Å². The van der Waals surface area contributed by atoms with E-state index in [1.807, 2.05) is 0 Å². The fourth-order valence-electron chi connectivity index (χ4n) is 3.46. The lowest BCUT2D eigenvalue weighted by Gasteiger charge is -2.31. The van der Waals surface area contributed by atoms with Crippen LogP contribution in [0, 0.1) is 0 Å². The Morgan fingerprint density at radius 3 is 2.92 bits per heavy atom. The molecule has 2 saturated heterocycles. The maximum atomic E-state index is 12.8. The highest BCUT2D eigenvalue weighted by Crippen LogP contribution is 2.38. The molecule has 0 aliphatic carbocycles. The molecule has 140 valence electrons. The summed E-state index contributed by atoms with van der Waals surface area (Å²) in [5.74, 6) is 1.13. The summed E-state index contributed by atoms with van der Waals surface area (Å²) in [6.45, 7) is 4.72. The van der Waals surface area contributed by atoms with E-state index in [1.54, 1.807) is 17.8 Å². The molecule has 2 aromatic rings. The van der Waals surface area contributed by atoms with Gasteiger partial charge in [0.05, 0.1) is 32.3 Å². The molecule has 1 N–H and O–H groups in total. The molecule has 2 aliphatic heterocycles. The summed E-state index contributed by atoms with van der Waals surface area (Å²) in [5.41, 5.74) is -0.0789. The Morgan fingerprint density at radius 2 is 2.23 bits per heavy atom. The highest BCUT2D eigenvalue weighted by molar-refractivity contribution is 7.99. The van der Waals surface area contributed by atoms with Gasteiger partial charge in [0, 0.05) is 24.6 Å². The van der Waals surface area contributed by atoms with Gasteiger partial charge in [-0.05, 0) is 6.92 Å². The van der Waals surface area contributed by atoms with Crippen LogP contribution in [0.3, 0.4) is 0 Å². The molecule has 4 heterocycles. The lowest BCUT2D eigenvalue weighted by Crippen LogP contribution is -2.51. The number of thioether (sulfide) groups is 1. The Labute approximate surface area is 154 Å². The first-order chi connectivity index (χ1) is 12.7. The first kappa shape index (κ1) is 17.5. The number of hydrogen-bond donors (Lipinski definition) is 1. The molecule has 0 aromatic carbocycles. The van der Waals surface area contributed by atoms with E-state index < -0.39 is 17.6 Å². The van der Waals surface area contributed by atoms with Gasteiger partial charge in [0.2, 0.25) is 0 Å². The molecule has 0 radical (unpaired) electrons. The molecular weight excluding hydrogens is 358 g/mol. The average Bonchev–Trinajstić information content (AvgIpc) is 3.26. The van der Waals surface area contributed by atoms with Gasteiger partial charge in [0.25, 0.3) is 0 Å². The van der Waals surface area contributed by atoms with Crippen LogP contribution in [0.4, 0.5) is 5.82 Å². The smallest absolute Gasteiger partial charge is 0.336 e. The van der Waals surface area contributed by atoms with Crippen LogP contribution in [0.1, 0.15) is 6.92 Å². The van der Waals surface area contributed by atoms with Crippen LogP contribution in [0.5, 0.6) is 0 Å². The zero-order valence-electron chi connectivity index (χ0n) is 14.5. The summed E-state index contributed by atoms with van der Waals surface area (Å²) >= 11 is 1.51. The largest absolute Gasteiger partial charge is 0.464 e. The van der Waals surface area contributed by atoms with Crippen molar-refractivity contribution in [2.45, 2.75) is 18.6 Å². The van der Waals surface area contributed by atoms with Crippen LogP contribution in [0.15, 0.2) is 12.7 Å². The zero-order chi connectivity index (χ0) is 18.1. The number of aliphatic hydroxyl groups excluding tert-OH is 1. The molecule has 0 amide bonds. The number of aliphatic hydroxyl groups is 1. The minimum absolute atomic E-state index is 0.249. The Balaban J connectivity index is 1.82. The van der Waals surface area contributed by atoms with Crippen molar-refractivity contribution in [1.82, 2.24) is 19.5 Å². The molecule has 2 aliphatic rings. The van der Waals surface area contributed by atoms with E-state index in [0.29, 0.717) is 35.9 Å². The van der Waals surface area contributed by atoms with Crippen LogP contribution in [-0.2, 0) is 19.8 Å². The van der Waals surface area contributed by atoms with E-state index in [9.17, 15) is 9.90 Å². The lowest BCUT2D eigenvalue weighted by molar-refractivity contribution is -0.157. The number of esters is 1. The predicted octanol–water partition coefficient (Wildman–Crippen LogP) is 0.0290. The Hall–Kier alpha value is -1.91. The van der Waals surface area contributed by atoms with Crippen LogP contribution in [0.2, 0.25) is 0 Å². The third-order valence-electron chi connectivity index (χ3n) is 4.83. The highest BCUT2D eigenvalue weighted by Gasteiger charge is 2.53. The minimum atomic E-state index is -1.22. The summed E-state index contributed by atoms with van der Waals surface area (Å²) in [4.78, 5) is 28.1. The molecule has 10 heteroatoms. The van der Waals surface area contributed by atoms with Crippen molar-refractivity contribution < 1.29 is 19.4 Å². The molecule has 2 unspecified atom stereocenters. The molecule has 2 atom stereocenters. The minimum Gasteiger partial charge on any atom is -0.464 e. The molecule has 26 heavy (non-hydrogen) atoms. The standard InChI is InChI=1S/C16H21N5O4S/c1-2-25-15(23)16(8-26-7-11(16)22)21-10-19-12-13(17-9-18-14(12)21)20-3-5-24-6-4-20/h9-11,22H,2-8H2,1H3. The number of carbonyl (C=O) groups is 1. The number of carbonyl (C=O) groups excluding carboxylic acids is 1. The quantitative estimate of drug-likeness (QED) is 0.737. The molecule has 0 bridgehead atoms.